The van der Waals surface area contributed by atoms with Crippen LogP contribution in [0.1, 0.15) is 13.8 Å². The van der Waals surface area contributed by atoms with Crippen LogP contribution in [0.25, 0.3) is 0 Å². The SMILES string of the molecule is CC#CC1CP(C)(=O)OC1C. The standard InChI is InChI=1S/C8H13O2P/c1-4-5-8-6-11(3,9)10-7(8)2/h7-8H,6H2,1-3H3. The molecule has 3 unspecified atom stereocenters. The van der Waals surface area contributed by atoms with Crippen molar-refractivity contribution in [2.45, 2.75) is 20.0 Å². The van der Waals surface area contributed by atoms with Gasteiger partial charge < -0.3 is 4.52 Å². The van der Waals surface area contributed by atoms with Gasteiger partial charge in [0.25, 0.3) is 0 Å². The number of rotatable bonds is 0. The highest BCUT2D eigenvalue weighted by atomic mass is 31.2. The summed E-state index contributed by atoms with van der Waals surface area (Å²) in [5.41, 5.74) is 0. The van der Waals surface area contributed by atoms with E-state index < -0.39 is 7.37 Å². The van der Waals surface area contributed by atoms with Crippen LogP contribution in [0.2, 0.25) is 0 Å². The summed E-state index contributed by atoms with van der Waals surface area (Å²) in [6.07, 6.45) is 0.660. The molecule has 0 bridgehead atoms. The molecule has 0 aromatic heterocycles. The fourth-order valence-electron chi connectivity index (χ4n) is 1.32. The van der Waals surface area contributed by atoms with Crippen molar-refractivity contribution in [3.8, 4) is 11.8 Å². The van der Waals surface area contributed by atoms with Crippen molar-refractivity contribution in [2.75, 3.05) is 12.8 Å². The number of hydrogen-bond acceptors (Lipinski definition) is 2. The van der Waals surface area contributed by atoms with E-state index in [0.717, 1.165) is 0 Å². The molecule has 0 aromatic carbocycles. The Morgan fingerprint density at radius 2 is 2.27 bits per heavy atom. The Kier molecular flexibility index (Phi) is 2.42. The normalized spacial score (nSPS) is 43.2. The molecule has 3 atom stereocenters. The largest absolute Gasteiger partial charge is 0.324 e. The quantitative estimate of drug-likeness (QED) is 0.412. The minimum absolute atomic E-state index is 0.0401. The molecule has 1 rings (SSSR count). The lowest BCUT2D eigenvalue weighted by Gasteiger charge is -2.04. The maximum absolute atomic E-state index is 11.4. The fourth-order valence-corrected chi connectivity index (χ4v) is 3.36. The van der Waals surface area contributed by atoms with E-state index in [0.29, 0.717) is 6.16 Å². The van der Waals surface area contributed by atoms with Gasteiger partial charge in [-0.1, -0.05) is 5.92 Å². The molecule has 0 radical (unpaired) electrons. The van der Waals surface area contributed by atoms with Gasteiger partial charge in [0.05, 0.1) is 12.0 Å². The van der Waals surface area contributed by atoms with Crippen LogP contribution in [-0.4, -0.2) is 18.9 Å². The Balaban J connectivity index is 2.72. The smallest absolute Gasteiger partial charge is 0.201 e. The zero-order valence-electron chi connectivity index (χ0n) is 7.13. The van der Waals surface area contributed by atoms with Crippen LogP contribution in [0, 0.1) is 17.8 Å². The van der Waals surface area contributed by atoms with Crippen molar-refractivity contribution in [3.63, 3.8) is 0 Å². The van der Waals surface area contributed by atoms with Gasteiger partial charge in [0.2, 0.25) is 7.37 Å². The Labute approximate surface area is 67.8 Å². The van der Waals surface area contributed by atoms with Crippen LogP contribution in [0.15, 0.2) is 0 Å². The molecule has 0 amide bonds. The molecule has 0 saturated carbocycles. The molecule has 1 fully saturated rings. The Morgan fingerprint density at radius 1 is 1.64 bits per heavy atom. The molecule has 3 heteroatoms. The van der Waals surface area contributed by atoms with Crippen LogP contribution in [0.4, 0.5) is 0 Å². The maximum Gasteiger partial charge on any atom is 0.201 e. The van der Waals surface area contributed by atoms with Gasteiger partial charge in [-0.15, -0.1) is 5.92 Å². The van der Waals surface area contributed by atoms with Crippen molar-refractivity contribution in [3.05, 3.63) is 0 Å². The summed E-state index contributed by atoms with van der Waals surface area (Å²) in [5, 5.41) is 0. The lowest BCUT2D eigenvalue weighted by atomic mass is 10.1. The predicted molar refractivity (Wildman–Crippen MR) is 45.9 cm³/mol. The molecule has 1 saturated heterocycles. The van der Waals surface area contributed by atoms with Gasteiger partial charge >= 0.3 is 0 Å². The summed E-state index contributed by atoms with van der Waals surface area (Å²) in [6, 6.07) is 0. The van der Waals surface area contributed by atoms with Gasteiger partial charge in [0, 0.05) is 12.8 Å². The van der Waals surface area contributed by atoms with E-state index in [1.54, 1.807) is 13.6 Å². The maximum atomic E-state index is 11.4. The topological polar surface area (TPSA) is 26.3 Å². The molecule has 0 aromatic rings. The first kappa shape index (κ1) is 8.84. The second-order valence-corrected chi connectivity index (χ2v) is 5.61. The third-order valence-electron chi connectivity index (χ3n) is 1.81. The van der Waals surface area contributed by atoms with E-state index >= 15 is 0 Å². The fraction of sp³-hybridized carbons (Fsp3) is 0.750. The van der Waals surface area contributed by atoms with Crippen LogP contribution in [0.3, 0.4) is 0 Å². The van der Waals surface area contributed by atoms with Gasteiger partial charge in [0.15, 0.2) is 0 Å². The summed E-state index contributed by atoms with van der Waals surface area (Å²) in [5.74, 6) is 6.01. The molecule has 1 aliphatic rings. The van der Waals surface area contributed by atoms with E-state index in [9.17, 15) is 4.57 Å². The average molecular weight is 172 g/mol. The lowest BCUT2D eigenvalue weighted by Crippen LogP contribution is -2.10. The Hall–Kier alpha value is -0.250. The first-order chi connectivity index (χ1) is 5.05. The van der Waals surface area contributed by atoms with Gasteiger partial charge in [-0.05, 0) is 13.8 Å². The van der Waals surface area contributed by atoms with Crippen molar-refractivity contribution < 1.29 is 9.09 Å². The summed E-state index contributed by atoms with van der Waals surface area (Å²) < 4.78 is 16.7. The third-order valence-corrected chi connectivity index (χ3v) is 3.65. The van der Waals surface area contributed by atoms with Crippen LogP contribution in [-0.2, 0) is 9.09 Å². The van der Waals surface area contributed by atoms with Crippen LogP contribution >= 0.6 is 7.37 Å². The molecule has 62 valence electrons. The van der Waals surface area contributed by atoms with Crippen LogP contribution in [0.5, 0.6) is 0 Å². The summed E-state index contributed by atoms with van der Waals surface area (Å²) >= 11 is 0. The number of hydrogen-bond donors (Lipinski definition) is 0. The second kappa shape index (κ2) is 3.01. The highest BCUT2D eigenvalue weighted by Gasteiger charge is 2.35. The molecule has 11 heavy (non-hydrogen) atoms. The predicted octanol–water partition coefficient (Wildman–Crippen LogP) is 1.95. The molecule has 0 aliphatic carbocycles. The summed E-state index contributed by atoms with van der Waals surface area (Å²) in [4.78, 5) is 0. The van der Waals surface area contributed by atoms with Gasteiger partial charge in [-0.2, -0.15) is 0 Å². The minimum atomic E-state index is -2.29. The van der Waals surface area contributed by atoms with E-state index in [1.807, 2.05) is 6.92 Å². The van der Waals surface area contributed by atoms with Crippen molar-refractivity contribution in [2.24, 2.45) is 5.92 Å². The van der Waals surface area contributed by atoms with Gasteiger partial charge in [-0.3, -0.25) is 4.57 Å². The third kappa shape index (κ3) is 2.09. The second-order valence-electron chi connectivity index (χ2n) is 3.01. The lowest BCUT2D eigenvalue weighted by molar-refractivity contribution is 0.231. The highest BCUT2D eigenvalue weighted by molar-refractivity contribution is 7.58. The molecular weight excluding hydrogens is 159 g/mol. The summed E-state index contributed by atoms with van der Waals surface area (Å²) in [6.45, 7) is 5.41. The molecular formula is C8H13O2P. The molecule has 1 aliphatic heterocycles. The Bertz CT molecular complexity index is 249. The minimum Gasteiger partial charge on any atom is -0.324 e. The van der Waals surface area contributed by atoms with Gasteiger partial charge in [0.1, 0.15) is 0 Å². The average Bonchev–Trinajstić information content (AvgIpc) is 2.07. The monoisotopic (exact) mass is 172 g/mol. The van der Waals surface area contributed by atoms with Crippen molar-refractivity contribution >= 4 is 7.37 Å². The first-order valence-electron chi connectivity index (χ1n) is 3.72. The van der Waals surface area contributed by atoms with Crippen molar-refractivity contribution in [1.29, 1.82) is 0 Å². The van der Waals surface area contributed by atoms with E-state index in [2.05, 4.69) is 11.8 Å². The molecule has 0 spiro atoms. The van der Waals surface area contributed by atoms with E-state index in [1.165, 1.54) is 0 Å². The Morgan fingerprint density at radius 3 is 2.64 bits per heavy atom. The summed E-state index contributed by atoms with van der Waals surface area (Å²) in [7, 11) is -2.29. The van der Waals surface area contributed by atoms with E-state index in [-0.39, 0.29) is 12.0 Å². The highest BCUT2D eigenvalue weighted by Crippen LogP contribution is 2.52. The van der Waals surface area contributed by atoms with Gasteiger partial charge in [-0.25, -0.2) is 0 Å². The zero-order valence-corrected chi connectivity index (χ0v) is 8.02. The van der Waals surface area contributed by atoms with E-state index in [4.69, 9.17) is 4.52 Å². The zero-order chi connectivity index (χ0) is 8.48. The molecule has 2 nitrogen and oxygen atoms in total. The molecule has 0 N–H and O–H groups in total. The molecule has 1 heterocycles. The van der Waals surface area contributed by atoms with Crippen molar-refractivity contribution in [1.82, 2.24) is 0 Å². The van der Waals surface area contributed by atoms with Crippen LogP contribution < -0.4 is 0 Å². The first-order valence-corrected chi connectivity index (χ1v) is 5.98.